The van der Waals surface area contributed by atoms with Gasteiger partial charge in [-0.1, -0.05) is 18.2 Å². The van der Waals surface area contributed by atoms with Crippen molar-refractivity contribution >= 4 is 12.4 Å². The molecule has 0 aliphatic carbocycles. The summed E-state index contributed by atoms with van der Waals surface area (Å²) in [5, 5.41) is 0. The quantitative estimate of drug-likeness (QED) is 0.831. The Morgan fingerprint density at radius 2 is 1.81 bits per heavy atom. The number of benzene rings is 1. The standard InChI is InChI=1S/C9H8F5N.ClH/c10-7-5(8(11)12)2-1-3-6(7)9(13,14)4-15;/h1-3,8H,4,15H2;1H. The third-order valence-corrected chi connectivity index (χ3v) is 1.91. The van der Waals surface area contributed by atoms with Gasteiger partial charge in [0.25, 0.3) is 12.3 Å². The second-order valence-corrected chi connectivity index (χ2v) is 2.92. The fourth-order valence-electron chi connectivity index (χ4n) is 1.11. The molecule has 92 valence electrons. The minimum atomic E-state index is -3.63. The molecule has 0 unspecified atom stereocenters. The molecule has 1 aromatic carbocycles. The summed E-state index contributed by atoms with van der Waals surface area (Å²) in [6.07, 6.45) is -3.13. The molecule has 0 heterocycles. The summed E-state index contributed by atoms with van der Waals surface area (Å²) in [6.45, 7) is -1.13. The highest BCUT2D eigenvalue weighted by Crippen LogP contribution is 2.33. The van der Waals surface area contributed by atoms with E-state index in [0.29, 0.717) is 0 Å². The SMILES string of the molecule is Cl.NCC(F)(F)c1cccc(C(F)F)c1F. The van der Waals surface area contributed by atoms with E-state index in [9.17, 15) is 22.0 Å². The van der Waals surface area contributed by atoms with Crippen molar-refractivity contribution in [1.82, 2.24) is 0 Å². The monoisotopic (exact) mass is 261 g/mol. The van der Waals surface area contributed by atoms with Gasteiger partial charge in [-0.25, -0.2) is 13.2 Å². The van der Waals surface area contributed by atoms with Gasteiger partial charge < -0.3 is 5.73 Å². The molecule has 7 heteroatoms. The maximum absolute atomic E-state index is 13.2. The van der Waals surface area contributed by atoms with Crippen molar-refractivity contribution in [2.24, 2.45) is 5.73 Å². The molecule has 0 radical (unpaired) electrons. The summed E-state index contributed by atoms with van der Waals surface area (Å²) in [4.78, 5) is 0. The van der Waals surface area contributed by atoms with Gasteiger partial charge >= 0.3 is 0 Å². The van der Waals surface area contributed by atoms with Crippen LogP contribution >= 0.6 is 12.4 Å². The van der Waals surface area contributed by atoms with Crippen LogP contribution in [0.3, 0.4) is 0 Å². The lowest BCUT2D eigenvalue weighted by atomic mass is 10.0. The molecule has 0 spiro atoms. The molecule has 0 aromatic heterocycles. The van der Waals surface area contributed by atoms with Crippen LogP contribution in [0.25, 0.3) is 0 Å². The molecule has 16 heavy (non-hydrogen) atoms. The van der Waals surface area contributed by atoms with Crippen molar-refractivity contribution in [3.8, 4) is 0 Å². The molecule has 2 N–H and O–H groups in total. The molecule has 0 fully saturated rings. The number of hydrogen-bond donors (Lipinski definition) is 1. The van der Waals surface area contributed by atoms with E-state index in [1.807, 2.05) is 0 Å². The first-order chi connectivity index (χ1) is 6.90. The summed E-state index contributed by atoms with van der Waals surface area (Å²) < 4.78 is 63.5. The molecule has 0 saturated heterocycles. The molecular weight excluding hydrogens is 253 g/mol. The van der Waals surface area contributed by atoms with Crippen molar-refractivity contribution in [3.63, 3.8) is 0 Å². The topological polar surface area (TPSA) is 26.0 Å². The number of hydrogen-bond acceptors (Lipinski definition) is 1. The second kappa shape index (κ2) is 5.45. The Kier molecular flexibility index (Phi) is 5.15. The first-order valence-electron chi connectivity index (χ1n) is 4.05. The molecule has 0 amide bonds. The molecule has 0 bridgehead atoms. The van der Waals surface area contributed by atoms with Crippen molar-refractivity contribution < 1.29 is 22.0 Å². The zero-order valence-electron chi connectivity index (χ0n) is 7.89. The molecule has 1 nitrogen and oxygen atoms in total. The lowest BCUT2D eigenvalue weighted by Crippen LogP contribution is -2.26. The predicted octanol–water partition coefficient (Wildman–Crippen LogP) is 3.24. The average molecular weight is 262 g/mol. The summed E-state index contributed by atoms with van der Waals surface area (Å²) in [7, 11) is 0. The Morgan fingerprint density at radius 1 is 1.25 bits per heavy atom. The lowest BCUT2D eigenvalue weighted by Gasteiger charge is -2.16. The summed E-state index contributed by atoms with van der Waals surface area (Å²) >= 11 is 0. The van der Waals surface area contributed by atoms with Crippen molar-refractivity contribution in [1.29, 1.82) is 0 Å². The van der Waals surface area contributed by atoms with Crippen LogP contribution in [0.2, 0.25) is 0 Å². The lowest BCUT2D eigenvalue weighted by molar-refractivity contribution is 0.00170. The maximum atomic E-state index is 13.2. The van der Waals surface area contributed by atoms with Crippen LogP contribution in [0.5, 0.6) is 0 Å². The summed E-state index contributed by atoms with van der Waals surface area (Å²) in [5.41, 5.74) is 2.59. The van der Waals surface area contributed by atoms with Crippen LogP contribution < -0.4 is 5.73 Å². The van der Waals surface area contributed by atoms with Gasteiger partial charge in [-0.3, -0.25) is 0 Å². The van der Waals surface area contributed by atoms with E-state index in [4.69, 9.17) is 5.73 Å². The molecule has 0 saturated carbocycles. The van der Waals surface area contributed by atoms with E-state index in [-0.39, 0.29) is 12.4 Å². The number of rotatable bonds is 3. The van der Waals surface area contributed by atoms with Gasteiger partial charge in [0.05, 0.1) is 17.7 Å². The fourth-order valence-corrected chi connectivity index (χ4v) is 1.11. The van der Waals surface area contributed by atoms with E-state index < -0.39 is 35.8 Å². The Balaban J connectivity index is 0.00000225. The Morgan fingerprint density at radius 3 is 2.25 bits per heavy atom. The minimum Gasteiger partial charge on any atom is -0.325 e. The van der Waals surface area contributed by atoms with Gasteiger partial charge in [0.2, 0.25) is 0 Å². The highest BCUT2D eigenvalue weighted by atomic mass is 35.5. The van der Waals surface area contributed by atoms with Crippen molar-refractivity contribution in [2.75, 3.05) is 6.54 Å². The highest BCUT2D eigenvalue weighted by molar-refractivity contribution is 5.85. The van der Waals surface area contributed by atoms with Crippen LogP contribution in [0.1, 0.15) is 17.6 Å². The normalized spacial score (nSPS) is 11.4. The second-order valence-electron chi connectivity index (χ2n) is 2.92. The summed E-state index contributed by atoms with van der Waals surface area (Å²) in [6, 6.07) is 2.45. The van der Waals surface area contributed by atoms with E-state index >= 15 is 0 Å². The fraction of sp³-hybridized carbons (Fsp3) is 0.333. The van der Waals surface area contributed by atoms with Crippen molar-refractivity contribution in [3.05, 3.63) is 35.1 Å². The van der Waals surface area contributed by atoms with Gasteiger partial charge in [-0.2, -0.15) is 8.78 Å². The smallest absolute Gasteiger partial charge is 0.288 e. The number of alkyl halides is 4. The molecule has 0 atom stereocenters. The van der Waals surface area contributed by atoms with Gasteiger partial charge in [0, 0.05) is 0 Å². The zero-order chi connectivity index (χ0) is 11.6. The Hall–Kier alpha value is -0.880. The maximum Gasteiger partial charge on any atom is 0.288 e. The minimum absolute atomic E-state index is 0. The van der Waals surface area contributed by atoms with Crippen LogP contribution in [0.15, 0.2) is 18.2 Å². The van der Waals surface area contributed by atoms with E-state index in [0.717, 1.165) is 18.2 Å². The van der Waals surface area contributed by atoms with Crippen molar-refractivity contribution in [2.45, 2.75) is 12.3 Å². The highest BCUT2D eigenvalue weighted by Gasteiger charge is 2.34. The number of halogens is 6. The van der Waals surface area contributed by atoms with Crippen LogP contribution in [-0.4, -0.2) is 6.54 Å². The first-order valence-corrected chi connectivity index (χ1v) is 4.05. The van der Waals surface area contributed by atoms with Gasteiger partial charge in [0.15, 0.2) is 0 Å². The van der Waals surface area contributed by atoms with Crippen LogP contribution in [0.4, 0.5) is 22.0 Å². The van der Waals surface area contributed by atoms with E-state index in [2.05, 4.69) is 0 Å². The van der Waals surface area contributed by atoms with E-state index in [1.165, 1.54) is 0 Å². The van der Waals surface area contributed by atoms with Gasteiger partial charge in [0.1, 0.15) is 5.82 Å². The first kappa shape index (κ1) is 15.1. The molecule has 1 aromatic rings. The van der Waals surface area contributed by atoms with Gasteiger partial charge in [-0.05, 0) is 0 Å². The molecule has 0 aliphatic rings. The molecule has 1 rings (SSSR count). The Labute approximate surface area is 94.8 Å². The molecular formula is C9H9ClF5N. The predicted molar refractivity (Wildman–Crippen MR) is 51.6 cm³/mol. The number of nitrogens with two attached hydrogens (primary N) is 1. The van der Waals surface area contributed by atoms with Crippen LogP contribution in [0, 0.1) is 5.82 Å². The average Bonchev–Trinajstić information content (AvgIpc) is 2.17. The third kappa shape index (κ3) is 2.82. The summed E-state index contributed by atoms with van der Waals surface area (Å²) in [5.74, 6) is -5.22. The van der Waals surface area contributed by atoms with E-state index in [1.54, 1.807) is 0 Å². The zero-order valence-corrected chi connectivity index (χ0v) is 8.71. The molecule has 0 aliphatic heterocycles. The largest absolute Gasteiger partial charge is 0.325 e. The Bertz CT molecular complexity index is 356. The third-order valence-electron chi connectivity index (χ3n) is 1.91. The van der Waals surface area contributed by atoms with Crippen LogP contribution in [-0.2, 0) is 5.92 Å². The van der Waals surface area contributed by atoms with Gasteiger partial charge in [-0.15, -0.1) is 12.4 Å².